The third kappa shape index (κ3) is 4.62. The molecule has 0 heterocycles. The van der Waals surface area contributed by atoms with Crippen molar-refractivity contribution in [2.24, 2.45) is 0 Å². The van der Waals surface area contributed by atoms with Crippen molar-refractivity contribution in [3.63, 3.8) is 0 Å². The van der Waals surface area contributed by atoms with Gasteiger partial charge >= 0.3 is 0 Å². The largest absolute Gasteiger partial charge is 0.493 e. The number of anilines is 2. The molecule has 1 amide bonds. The minimum Gasteiger partial charge on any atom is -0.493 e. The summed E-state index contributed by atoms with van der Waals surface area (Å²) in [6.07, 6.45) is 0. The van der Waals surface area contributed by atoms with Crippen LogP contribution in [-0.2, 0) is 4.79 Å². The molecular weight excluding hydrogens is 352 g/mol. The smallest absolute Gasteiger partial charge is 0.246 e. The van der Waals surface area contributed by atoms with Gasteiger partial charge in [-0.2, -0.15) is 0 Å². The Morgan fingerprint density at radius 2 is 1.39 bits per heavy atom. The molecule has 0 aliphatic carbocycles. The maximum absolute atomic E-state index is 12.5. The normalized spacial score (nSPS) is 11.4. The molecule has 0 aliphatic heterocycles. The van der Waals surface area contributed by atoms with E-state index in [-0.39, 0.29) is 5.91 Å². The van der Waals surface area contributed by atoms with Crippen LogP contribution < -0.4 is 20.1 Å². The Morgan fingerprint density at radius 3 is 2.04 bits per heavy atom. The molecule has 0 aromatic heterocycles. The summed E-state index contributed by atoms with van der Waals surface area (Å²) in [6, 6.07) is 23.1. The van der Waals surface area contributed by atoms with Crippen LogP contribution in [0.4, 0.5) is 11.4 Å². The highest BCUT2D eigenvalue weighted by molar-refractivity contribution is 5.96. The first-order valence-corrected chi connectivity index (χ1v) is 9.05. The van der Waals surface area contributed by atoms with Crippen LogP contribution in [0.25, 0.3) is 11.1 Å². The zero-order valence-electron chi connectivity index (χ0n) is 16.2. The summed E-state index contributed by atoms with van der Waals surface area (Å²) in [4.78, 5) is 12.5. The third-order valence-electron chi connectivity index (χ3n) is 4.42. The molecule has 28 heavy (non-hydrogen) atoms. The number of amides is 1. The highest BCUT2D eigenvalue weighted by atomic mass is 16.5. The van der Waals surface area contributed by atoms with E-state index in [9.17, 15) is 4.79 Å². The lowest BCUT2D eigenvalue weighted by molar-refractivity contribution is -0.116. The zero-order valence-corrected chi connectivity index (χ0v) is 16.2. The second kappa shape index (κ2) is 8.95. The Morgan fingerprint density at radius 1 is 0.786 bits per heavy atom. The van der Waals surface area contributed by atoms with Crippen molar-refractivity contribution < 1.29 is 14.3 Å². The molecule has 3 rings (SSSR count). The average Bonchev–Trinajstić information content (AvgIpc) is 2.74. The molecule has 1 atom stereocenters. The van der Waals surface area contributed by atoms with Gasteiger partial charge in [0.1, 0.15) is 6.04 Å². The molecule has 0 bridgehead atoms. The number of carbonyl (C=O) groups is 1. The number of hydrogen-bond acceptors (Lipinski definition) is 4. The minimum absolute atomic E-state index is 0.139. The number of carbonyl (C=O) groups excluding carboxylic acids is 1. The quantitative estimate of drug-likeness (QED) is 0.621. The van der Waals surface area contributed by atoms with E-state index >= 15 is 0 Å². The van der Waals surface area contributed by atoms with Gasteiger partial charge in [-0.3, -0.25) is 4.79 Å². The van der Waals surface area contributed by atoms with Crippen molar-refractivity contribution in [3.05, 3.63) is 72.8 Å². The monoisotopic (exact) mass is 376 g/mol. The fourth-order valence-corrected chi connectivity index (χ4v) is 2.87. The molecule has 0 fully saturated rings. The second-order valence-corrected chi connectivity index (χ2v) is 6.37. The number of hydrogen-bond donors (Lipinski definition) is 2. The van der Waals surface area contributed by atoms with Gasteiger partial charge in [-0.1, -0.05) is 42.5 Å². The van der Waals surface area contributed by atoms with Crippen molar-refractivity contribution in [1.29, 1.82) is 0 Å². The number of methoxy groups -OCH3 is 2. The Bertz CT molecular complexity index is 924. The fraction of sp³-hybridized carbons (Fsp3) is 0.174. The third-order valence-corrected chi connectivity index (χ3v) is 4.42. The molecule has 0 saturated carbocycles. The molecule has 0 radical (unpaired) electrons. The van der Waals surface area contributed by atoms with E-state index in [1.165, 1.54) is 0 Å². The number of ether oxygens (including phenoxy) is 2. The van der Waals surface area contributed by atoms with E-state index in [1.807, 2.05) is 49.4 Å². The Kier molecular flexibility index (Phi) is 6.17. The van der Waals surface area contributed by atoms with Crippen LogP contribution in [0.15, 0.2) is 72.8 Å². The standard InChI is InChI=1S/C23H24N2O3/c1-16(23(26)25-20-13-14-21(27-2)22(15-20)28-3)24-19-11-9-18(10-12-19)17-7-5-4-6-8-17/h4-16,24H,1-3H3,(H,25,26). The van der Waals surface area contributed by atoms with E-state index in [1.54, 1.807) is 32.4 Å². The zero-order chi connectivity index (χ0) is 19.9. The van der Waals surface area contributed by atoms with Gasteiger partial charge in [0.15, 0.2) is 11.5 Å². The van der Waals surface area contributed by atoms with Crippen molar-refractivity contribution >= 4 is 17.3 Å². The summed E-state index contributed by atoms with van der Waals surface area (Å²) in [7, 11) is 3.14. The molecule has 3 aromatic rings. The van der Waals surface area contributed by atoms with Crippen LogP contribution >= 0.6 is 0 Å². The second-order valence-electron chi connectivity index (χ2n) is 6.37. The molecular formula is C23H24N2O3. The predicted octanol–water partition coefficient (Wildman–Crippen LogP) is 4.81. The number of rotatable bonds is 7. The molecule has 1 unspecified atom stereocenters. The van der Waals surface area contributed by atoms with Crippen molar-refractivity contribution in [1.82, 2.24) is 0 Å². The highest BCUT2D eigenvalue weighted by Gasteiger charge is 2.14. The van der Waals surface area contributed by atoms with Gasteiger partial charge in [0, 0.05) is 17.4 Å². The van der Waals surface area contributed by atoms with Crippen LogP contribution in [0.1, 0.15) is 6.92 Å². The van der Waals surface area contributed by atoms with Gasteiger partial charge in [-0.15, -0.1) is 0 Å². The Hall–Kier alpha value is -3.47. The average molecular weight is 376 g/mol. The molecule has 5 nitrogen and oxygen atoms in total. The van der Waals surface area contributed by atoms with Gasteiger partial charge in [0.25, 0.3) is 0 Å². The minimum atomic E-state index is -0.407. The van der Waals surface area contributed by atoms with Crippen molar-refractivity contribution in [2.45, 2.75) is 13.0 Å². The molecule has 144 valence electrons. The number of benzene rings is 3. The topological polar surface area (TPSA) is 59.6 Å². The lowest BCUT2D eigenvalue weighted by Crippen LogP contribution is -2.31. The first kappa shape index (κ1) is 19.3. The molecule has 2 N–H and O–H groups in total. The highest BCUT2D eigenvalue weighted by Crippen LogP contribution is 2.29. The summed E-state index contributed by atoms with van der Waals surface area (Å²) in [5, 5.41) is 6.11. The van der Waals surface area contributed by atoms with E-state index in [4.69, 9.17) is 9.47 Å². The van der Waals surface area contributed by atoms with Gasteiger partial charge in [-0.05, 0) is 42.3 Å². The van der Waals surface area contributed by atoms with E-state index in [2.05, 4.69) is 22.8 Å². The van der Waals surface area contributed by atoms with E-state index < -0.39 is 6.04 Å². The van der Waals surface area contributed by atoms with Gasteiger partial charge in [0.05, 0.1) is 14.2 Å². The van der Waals surface area contributed by atoms with Crippen molar-refractivity contribution in [3.8, 4) is 22.6 Å². The maximum Gasteiger partial charge on any atom is 0.246 e. The summed E-state index contributed by atoms with van der Waals surface area (Å²) < 4.78 is 10.5. The summed E-state index contributed by atoms with van der Waals surface area (Å²) in [6.45, 7) is 1.82. The lowest BCUT2D eigenvalue weighted by atomic mass is 10.1. The van der Waals surface area contributed by atoms with Crippen molar-refractivity contribution in [2.75, 3.05) is 24.9 Å². The first-order valence-electron chi connectivity index (χ1n) is 9.05. The van der Waals surface area contributed by atoms with Gasteiger partial charge < -0.3 is 20.1 Å². The first-order chi connectivity index (χ1) is 13.6. The van der Waals surface area contributed by atoms with Crippen LogP contribution in [0.5, 0.6) is 11.5 Å². The molecule has 5 heteroatoms. The van der Waals surface area contributed by atoms with Crippen LogP contribution in [0.3, 0.4) is 0 Å². The predicted molar refractivity (Wildman–Crippen MR) is 113 cm³/mol. The Balaban J connectivity index is 1.63. The lowest BCUT2D eigenvalue weighted by Gasteiger charge is -2.16. The molecule has 3 aromatic carbocycles. The summed E-state index contributed by atoms with van der Waals surface area (Å²) >= 11 is 0. The van der Waals surface area contributed by atoms with E-state index in [0.29, 0.717) is 17.2 Å². The molecule has 0 saturated heterocycles. The van der Waals surface area contributed by atoms with Crippen LogP contribution in [0, 0.1) is 0 Å². The Labute approximate surface area is 165 Å². The molecule has 0 spiro atoms. The summed E-state index contributed by atoms with van der Waals surface area (Å²) in [5.74, 6) is 1.04. The van der Waals surface area contributed by atoms with E-state index in [0.717, 1.165) is 16.8 Å². The number of nitrogens with one attached hydrogen (secondary N) is 2. The summed E-state index contributed by atoms with van der Waals surface area (Å²) in [5.41, 5.74) is 3.83. The molecule has 0 aliphatic rings. The fourth-order valence-electron chi connectivity index (χ4n) is 2.87. The van der Waals surface area contributed by atoms with Gasteiger partial charge in [-0.25, -0.2) is 0 Å². The van der Waals surface area contributed by atoms with Crippen LogP contribution in [-0.4, -0.2) is 26.2 Å². The SMILES string of the molecule is COc1ccc(NC(=O)C(C)Nc2ccc(-c3ccccc3)cc2)cc1OC. The van der Waals surface area contributed by atoms with Gasteiger partial charge in [0.2, 0.25) is 5.91 Å². The van der Waals surface area contributed by atoms with Crippen LogP contribution in [0.2, 0.25) is 0 Å². The maximum atomic E-state index is 12.5.